The fourth-order valence-electron chi connectivity index (χ4n) is 9.96. The predicted molar refractivity (Wildman–Crippen MR) is 451 cm³/mol. The van der Waals surface area contributed by atoms with Gasteiger partial charge in [0.2, 0.25) is 0 Å². The van der Waals surface area contributed by atoms with Gasteiger partial charge in [0.05, 0.1) is 0 Å². The molecular weight excluding hydrogens is 1370 g/mol. The van der Waals surface area contributed by atoms with Crippen LogP contribution in [0.25, 0.3) is 0 Å². The van der Waals surface area contributed by atoms with E-state index in [2.05, 4.69) is 274 Å². The maximum Gasteiger partial charge on any atom is 0.176 e. The zero-order valence-electron chi connectivity index (χ0n) is 66.2. The Labute approximate surface area is 627 Å². The van der Waals surface area contributed by atoms with Crippen molar-refractivity contribution in [3.63, 3.8) is 0 Å². The van der Waals surface area contributed by atoms with E-state index in [1.54, 1.807) is 17.0 Å². The summed E-state index contributed by atoms with van der Waals surface area (Å²) in [5.41, 5.74) is 21.4. The van der Waals surface area contributed by atoms with Crippen LogP contribution in [0.3, 0.4) is 0 Å². The fourth-order valence-corrected chi connectivity index (χ4v) is 19.9. The van der Waals surface area contributed by atoms with E-state index in [1.807, 2.05) is 111 Å². The van der Waals surface area contributed by atoms with Crippen LogP contribution in [0.4, 0.5) is 8.78 Å². The molecule has 0 amide bonds. The molecule has 0 saturated carbocycles. The molecule has 12 heteroatoms. The third-order valence-corrected chi connectivity index (χ3v) is 28.4. The molecule has 10 aromatic rings. The predicted octanol–water partition coefficient (Wildman–Crippen LogP) is 32.9. The number of thiophene rings is 10. The molecule has 0 nitrogen and oxygen atoms in total. The summed E-state index contributed by atoms with van der Waals surface area (Å²) in [7, 11) is 0. The standard InChI is InChI=1S/2C11H18S.3C9H14S.C8H11FS.3C7H10S.C6H7FS/c1-7(2)10-6-12-11(8(3)4)9(10)5;1-7(2)10-6-11(8(3)4)12-9(10)5;1-6(2)9-5-10-8(4)7(9)3;1-6(2)9-5-7(3)10-8(9)4;1-6(2)9-8(4)7(3)5-10-9;1-5(2)7-4-8(9)10-6(7)3;2*1-5-4-8-7(3)6(5)2;1-5-4-6(2)8-7(5)3;1-4-3-6(7)8-5(4)2/h2*6-8H,1-5H3;3*5-6H,1-4H3;4-5H,1-3H3;3*4H,1-3H3;3H,1-2H3. The van der Waals surface area contributed by atoms with Crippen LogP contribution in [0.15, 0.2) is 57.2 Å². The summed E-state index contributed by atoms with van der Waals surface area (Å²) in [6.45, 7) is 78.6. The smallest absolute Gasteiger partial charge is 0.176 e. The van der Waals surface area contributed by atoms with Crippen molar-refractivity contribution >= 4 is 113 Å². The van der Waals surface area contributed by atoms with Crippen LogP contribution in [0.2, 0.25) is 0 Å². The average Bonchev–Trinajstić information content (AvgIpc) is 1.83. The molecule has 0 aromatic carbocycles. The number of aryl methyl sites for hydroxylation is 15. The van der Waals surface area contributed by atoms with E-state index in [4.69, 9.17) is 0 Å². The van der Waals surface area contributed by atoms with Gasteiger partial charge >= 0.3 is 0 Å². The van der Waals surface area contributed by atoms with Crippen LogP contribution in [0.1, 0.15) is 305 Å². The SMILES string of the molecule is Cc1c(C(C)C)csc1C(C)C.Cc1cc(C(C)C)c(C)s1.Cc1cc(C)c(C)s1.Cc1cc(F)sc1C.Cc1csc(C(C)C)c1C.Cc1csc(C)c1C.Cc1csc(C)c1C.Cc1sc(C(C)C)cc1C(C)C.Cc1sc(F)cc1C(C)C.Cc1scc(C(C)C)c1C. The van der Waals surface area contributed by atoms with Crippen molar-refractivity contribution in [1.29, 1.82) is 0 Å². The van der Waals surface area contributed by atoms with Crippen LogP contribution in [-0.2, 0) is 0 Å². The molecule has 0 fully saturated rings. The van der Waals surface area contributed by atoms with Gasteiger partial charge in [0.15, 0.2) is 10.3 Å². The van der Waals surface area contributed by atoms with Crippen molar-refractivity contribution in [2.75, 3.05) is 0 Å². The van der Waals surface area contributed by atoms with Crippen LogP contribution < -0.4 is 0 Å². The summed E-state index contributed by atoms with van der Waals surface area (Å²) in [6, 6.07) is 10.1. The molecule has 536 valence electrons. The molecule has 10 heterocycles. The van der Waals surface area contributed by atoms with Gasteiger partial charge in [-0.2, -0.15) is 8.78 Å². The molecule has 0 atom stereocenters. The van der Waals surface area contributed by atoms with Gasteiger partial charge in [-0.15, -0.1) is 113 Å². The molecule has 0 aliphatic rings. The third kappa shape index (κ3) is 31.0. The summed E-state index contributed by atoms with van der Waals surface area (Å²) in [5, 5.41) is 11.1. The lowest BCUT2D eigenvalue weighted by Gasteiger charge is -2.06. The Kier molecular flexibility index (Phi) is 41.9. The molecule has 0 spiro atoms. The lowest BCUT2D eigenvalue weighted by molar-refractivity contribution is 0.654. The summed E-state index contributed by atoms with van der Waals surface area (Å²) >= 11 is 17.5. The quantitative estimate of drug-likeness (QED) is 0.142. The zero-order valence-corrected chi connectivity index (χ0v) is 74.4. The summed E-state index contributed by atoms with van der Waals surface area (Å²) in [5.74, 6) is 5.22. The first kappa shape index (κ1) is 90.9. The number of hydrogen-bond donors (Lipinski definition) is 0. The molecule has 0 aliphatic carbocycles. The number of hydrogen-bond acceptors (Lipinski definition) is 10. The van der Waals surface area contributed by atoms with E-state index in [1.165, 1.54) is 144 Å². The van der Waals surface area contributed by atoms with Gasteiger partial charge in [-0.3, -0.25) is 0 Å². The molecule has 0 aliphatic heterocycles. The Hall–Kier alpha value is -3.14. The van der Waals surface area contributed by atoms with Crippen molar-refractivity contribution in [3.8, 4) is 0 Å². The Morgan fingerprint density at radius 1 is 0.229 bits per heavy atom. The highest BCUT2D eigenvalue weighted by Gasteiger charge is 2.14. The lowest BCUT2D eigenvalue weighted by Crippen LogP contribution is -1.90. The third-order valence-electron chi connectivity index (χ3n) is 17.0. The second-order valence-corrected chi connectivity index (χ2v) is 39.6. The van der Waals surface area contributed by atoms with Crippen molar-refractivity contribution in [3.05, 3.63) is 214 Å². The van der Waals surface area contributed by atoms with Gasteiger partial charge in [-0.05, 0) is 327 Å². The van der Waals surface area contributed by atoms with Gasteiger partial charge in [0.25, 0.3) is 0 Å². The van der Waals surface area contributed by atoms with Crippen molar-refractivity contribution < 1.29 is 8.78 Å². The second kappa shape index (κ2) is 44.3. The van der Waals surface area contributed by atoms with Gasteiger partial charge in [-0.1, -0.05) is 111 Å². The normalized spacial score (nSPS) is 10.7. The number of halogens is 2. The minimum atomic E-state index is -0.0833. The molecule has 0 bridgehead atoms. The minimum Gasteiger partial charge on any atom is -0.195 e. The van der Waals surface area contributed by atoms with Crippen LogP contribution in [0, 0.1) is 149 Å². The highest BCUT2D eigenvalue weighted by atomic mass is 32.1. The minimum absolute atomic E-state index is 0.0683. The molecule has 96 heavy (non-hydrogen) atoms. The van der Waals surface area contributed by atoms with E-state index in [9.17, 15) is 8.78 Å². The molecule has 10 rings (SSSR count). The zero-order chi connectivity index (χ0) is 74.1. The molecule has 0 saturated heterocycles. The maximum atomic E-state index is 12.6. The summed E-state index contributed by atoms with van der Waals surface area (Å²) in [4.78, 5) is 18.4. The highest BCUT2D eigenvalue weighted by Crippen LogP contribution is 2.35. The Morgan fingerprint density at radius 2 is 0.542 bits per heavy atom. The van der Waals surface area contributed by atoms with E-state index in [0.717, 1.165) is 20.9 Å². The van der Waals surface area contributed by atoms with E-state index < -0.39 is 0 Å². The van der Waals surface area contributed by atoms with Crippen molar-refractivity contribution in [2.24, 2.45) is 0 Å². The van der Waals surface area contributed by atoms with E-state index >= 15 is 0 Å². The first-order valence-corrected chi connectivity index (χ1v) is 42.7. The monoisotopic (exact) mass is 1490 g/mol. The molecule has 10 aromatic heterocycles. The van der Waals surface area contributed by atoms with E-state index in [-0.39, 0.29) is 10.3 Å². The first-order chi connectivity index (χ1) is 44.4. The Balaban J connectivity index is 0.000000535. The van der Waals surface area contributed by atoms with Gasteiger partial charge in [0.1, 0.15) is 0 Å². The lowest BCUT2D eigenvalue weighted by atomic mass is 9.99. The second-order valence-electron chi connectivity index (χ2n) is 27.9. The molecular formula is C84H126F2S10. The highest BCUT2D eigenvalue weighted by molar-refractivity contribution is 7.13. The number of rotatable bonds is 8. The molecule has 0 N–H and O–H groups in total. The first-order valence-electron chi connectivity index (χ1n) is 34.2. The van der Waals surface area contributed by atoms with Crippen LogP contribution in [0.5, 0.6) is 0 Å². The molecule has 0 radical (unpaired) electrons. The van der Waals surface area contributed by atoms with Crippen LogP contribution in [-0.4, -0.2) is 0 Å². The van der Waals surface area contributed by atoms with Crippen molar-refractivity contribution in [2.45, 2.75) is 297 Å². The Bertz CT molecular complexity index is 3470. The Morgan fingerprint density at radius 3 is 0.719 bits per heavy atom. The maximum absolute atomic E-state index is 12.6. The van der Waals surface area contributed by atoms with Gasteiger partial charge < -0.3 is 0 Å². The van der Waals surface area contributed by atoms with E-state index in [0.29, 0.717) is 47.3 Å². The average molecular weight is 1490 g/mol. The largest absolute Gasteiger partial charge is 0.195 e. The van der Waals surface area contributed by atoms with Gasteiger partial charge in [0, 0.05) is 63.4 Å². The topological polar surface area (TPSA) is 0 Å². The molecule has 0 unspecified atom stereocenters. The summed E-state index contributed by atoms with van der Waals surface area (Å²) < 4.78 is 24.8. The fraction of sp³-hybridized carbons (Fsp3) is 0.524. The van der Waals surface area contributed by atoms with Crippen LogP contribution >= 0.6 is 113 Å². The van der Waals surface area contributed by atoms with Crippen molar-refractivity contribution in [1.82, 2.24) is 0 Å². The van der Waals surface area contributed by atoms with Gasteiger partial charge in [-0.25, -0.2) is 0 Å². The summed E-state index contributed by atoms with van der Waals surface area (Å²) in [6.07, 6.45) is 0.